The number of halogens is 1. The summed E-state index contributed by atoms with van der Waals surface area (Å²) in [5.41, 5.74) is 3.70. The second-order valence-electron chi connectivity index (χ2n) is 5.54. The highest BCUT2D eigenvalue weighted by Gasteiger charge is 2.15. The van der Waals surface area contributed by atoms with Crippen LogP contribution in [0.2, 0.25) is 0 Å². The van der Waals surface area contributed by atoms with Crippen LogP contribution in [-0.4, -0.2) is 14.5 Å². The molecule has 122 valence electrons. The quantitative estimate of drug-likeness (QED) is 0.347. The fraction of sp³-hybridized carbons (Fsp3) is 0. The zero-order valence-corrected chi connectivity index (χ0v) is 14.6. The maximum atomic E-state index is 10.9. The van der Waals surface area contributed by atoms with Crippen LogP contribution in [0.3, 0.4) is 0 Å². The molecule has 0 N–H and O–H groups in total. The largest absolute Gasteiger partial charge is 0.292 e. The molecular weight excluding hydrogens is 382 g/mol. The molecule has 6 heteroatoms. The molecule has 25 heavy (non-hydrogen) atoms. The third-order valence-corrected chi connectivity index (χ3v) is 4.51. The number of para-hydroxylation sites is 2. The Morgan fingerprint density at radius 1 is 0.920 bits per heavy atom. The third-order valence-electron chi connectivity index (χ3n) is 3.98. The van der Waals surface area contributed by atoms with E-state index in [9.17, 15) is 10.1 Å². The summed E-state index contributed by atoms with van der Waals surface area (Å²) in [7, 11) is 0. The first-order valence-corrected chi connectivity index (χ1v) is 8.41. The smallest absolute Gasteiger partial charge is 0.269 e. The van der Waals surface area contributed by atoms with Crippen LogP contribution < -0.4 is 0 Å². The highest BCUT2D eigenvalue weighted by molar-refractivity contribution is 9.10. The Morgan fingerprint density at radius 2 is 1.60 bits per heavy atom. The lowest BCUT2D eigenvalue weighted by Gasteiger charge is -2.09. The molecule has 3 aromatic carbocycles. The predicted octanol–water partition coefficient (Wildman–Crippen LogP) is 5.36. The summed E-state index contributed by atoms with van der Waals surface area (Å²) in [6, 6.07) is 22.3. The van der Waals surface area contributed by atoms with Crippen LogP contribution in [0.5, 0.6) is 0 Å². The monoisotopic (exact) mass is 393 g/mol. The van der Waals surface area contributed by atoms with Gasteiger partial charge in [-0.1, -0.05) is 40.2 Å². The summed E-state index contributed by atoms with van der Waals surface area (Å²) in [6.45, 7) is 0. The molecule has 1 heterocycles. The first-order chi connectivity index (χ1) is 12.1. The van der Waals surface area contributed by atoms with E-state index < -0.39 is 4.92 Å². The van der Waals surface area contributed by atoms with E-state index in [1.807, 2.05) is 53.1 Å². The Hall–Kier alpha value is -2.99. The van der Waals surface area contributed by atoms with E-state index >= 15 is 0 Å². The van der Waals surface area contributed by atoms with E-state index in [0.29, 0.717) is 0 Å². The van der Waals surface area contributed by atoms with Gasteiger partial charge in [0.1, 0.15) is 5.82 Å². The molecule has 0 aliphatic heterocycles. The number of non-ortho nitro benzene ring substituents is 1. The van der Waals surface area contributed by atoms with Crippen molar-refractivity contribution in [2.24, 2.45) is 0 Å². The van der Waals surface area contributed by atoms with Crippen LogP contribution >= 0.6 is 15.9 Å². The maximum absolute atomic E-state index is 10.9. The van der Waals surface area contributed by atoms with E-state index in [0.717, 1.165) is 32.6 Å². The zero-order valence-electron chi connectivity index (χ0n) is 13.0. The van der Waals surface area contributed by atoms with Gasteiger partial charge in [0, 0.05) is 27.9 Å². The van der Waals surface area contributed by atoms with Crippen molar-refractivity contribution >= 4 is 32.7 Å². The Bertz CT molecular complexity index is 1070. The lowest BCUT2D eigenvalue weighted by atomic mass is 10.2. The molecule has 5 nitrogen and oxygen atoms in total. The number of fused-ring (bicyclic) bond motifs is 1. The number of aromatic nitrogens is 2. The zero-order chi connectivity index (χ0) is 17.4. The normalized spacial score (nSPS) is 10.9. The molecule has 1 aromatic heterocycles. The minimum absolute atomic E-state index is 0.0679. The van der Waals surface area contributed by atoms with Crippen LogP contribution in [0.15, 0.2) is 77.3 Å². The standard InChI is InChI=1S/C19H12BrN3O2/c20-14-7-5-13(6-8-14)19-21-17-3-1-2-4-18(17)22(19)15-9-11-16(12-10-15)23(24)25/h1-12H. The first kappa shape index (κ1) is 15.5. The van der Waals surface area contributed by atoms with Crippen molar-refractivity contribution in [2.75, 3.05) is 0 Å². The van der Waals surface area contributed by atoms with E-state index in [-0.39, 0.29) is 5.69 Å². The van der Waals surface area contributed by atoms with Gasteiger partial charge < -0.3 is 0 Å². The molecule has 0 saturated heterocycles. The summed E-state index contributed by atoms with van der Waals surface area (Å²) in [6.07, 6.45) is 0. The van der Waals surface area contributed by atoms with Crippen LogP contribution in [0, 0.1) is 10.1 Å². The molecule has 0 fully saturated rings. The van der Waals surface area contributed by atoms with E-state index in [2.05, 4.69) is 15.9 Å². The van der Waals surface area contributed by atoms with Gasteiger partial charge in [-0.2, -0.15) is 0 Å². The molecule has 0 atom stereocenters. The van der Waals surface area contributed by atoms with E-state index in [4.69, 9.17) is 4.98 Å². The average molecular weight is 394 g/mol. The van der Waals surface area contributed by atoms with E-state index in [1.54, 1.807) is 12.1 Å². The second kappa shape index (κ2) is 6.14. The molecule has 0 radical (unpaired) electrons. The van der Waals surface area contributed by atoms with Crippen molar-refractivity contribution in [3.05, 3.63) is 87.4 Å². The highest BCUT2D eigenvalue weighted by atomic mass is 79.9. The van der Waals surface area contributed by atoms with Gasteiger partial charge in [0.2, 0.25) is 0 Å². The van der Waals surface area contributed by atoms with Crippen LogP contribution in [0.4, 0.5) is 5.69 Å². The molecule has 0 saturated carbocycles. The summed E-state index contributed by atoms with van der Waals surface area (Å²) in [5, 5.41) is 10.9. The Morgan fingerprint density at radius 3 is 2.28 bits per heavy atom. The number of rotatable bonds is 3. The molecular formula is C19H12BrN3O2. The van der Waals surface area contributed by atoms with Gasteiger partial charge in [-0.25, -0.2) is 4.98 Å². The van der Waals surface area contributed by atoms with Gasteiger partial charge >= 0.3 is 0 Å². The predicted molar refractivity (Wildman–Crippen MR) is 101 cm³/mol. The maximum Gasteiger partial charge on any atom is 0.269 e. The highest BCUT2D eigenvalue weighted by Crippen LogP contribution is 2.30. The third kappa shape index (κ3) is 2.81. The fourth-order valence-corrected chi connectivity index (χ4v) is 3.07. The van der Waals surface area contributed by atoms with Crippen LogP contribution in [-0.2, 0) is 0 Å². The van der Waals surface area contributed by atoms with Crippen molar-refractivity contribution in [3.8, 4) is 17.1 Å². The molecule has 0 aliphatic rings. The number of benzene rings is 3. The number of nitro groups is 1. The van der Waals surface area contributed by atoms with Crippen molar-refractivity contribution in [2.45, 2.75) is 0 Å². The van der Waals surface area contributed by atoms with Crippen molar-refractivity contribution in [1.82, 2.24) is 9.55 Å². The molecule has 0 amide bonds. The van der Waals surface area contributed by atoms with Gasteiger partial charge in [-0.3, -0.25) is 14.7 Å². The van der Waals surface area contributed by atoms with Gasteiger partial charge in [0.05, 0.1) is 16.0 Å². The second-order valence-corrected chi connectivity index (χ2v) is 6.46. The summed E-state index contributed by atoms with van der Waals surface area (Å²) in [4.78, 5) is 15.3. The van der Waals surface area contributed by atoms with Gasteiger partial charge in [-0.15, -0.1) is 0 Å². The van der Waals surface area contributed by atoms with Crippen molar-refractivity contribution in [3.63, 3.8) is 0 Å². The average Bonchev–Trinajstić information content (AvgIpc) is 3.02. The van der Waals surface area contributed by atoms with Gasteiger partial charge in [0.15, 0.2) is 0 Å². The molecule has 4 aromatic rings. The minimum Gasteiger partial charge on any atom is -0.292 e. The van der Waals surface area contributed by atoms with Crippen molar-refractivity contribution < 1.29 is 4.92 Å². The van der Waals surface area contributed by atoms with Crippen molar-refractivity contribution in [1.29, 1.82) is 0 Å². The van der Waals surface area contributed by atoms with Gasteiger partial charge in [0.25, 0.3) is 5.69 Å². The van der Waals surface area contributed by atoms with Gasteiger partial charge in [-0.05, 0) is 36.4 Å². The van der Waals surface area contributed by atoms with Crippen LogP contribution in [0.1, 0.15) is 0 Å². The van der Waals surface area contributed by atoms with E-state index in [1.165, 1.54) is 12.1 Å². The minimum atomic E-state index is -0.397. The summed E-state index contributed by atoms with van der Waals surface area (Å²) >= 11 is 3.45. The number of imidazole rings is 1. The Balaban J connectivity index is 1.96. The SMILES string of the molecule is O=[N+]([O-])c1ccc(-n2c(-c3ccc(Br)cc3)nc3ccccc32)cc1. The van der Waals surface area contributed by atoms with Crippen LogP contribution in [0.25, 0.3) is 28.1 Å². The number of hydrogen-bond donors (Lipinski definition) is 0. The molecule has 4 rings (SSSR count). The lowest BCUT2D eigenvalue weighted by molar-refractivity contribution is -0.384. The summed E-state index contributed by atoms with van der Waals surface area (Å²) in [5.74, 6) is 0.794. The summed E-state index contributed by atoms with van der Waals surface area (Å²) < 4.78 is 3.01. The number of nitrogens with zero attached hydrogens (tertiary/aromatic N) is 3. The first-order valence-electron chi connectivity index (χ1n) is 7.62. The lowest BCUT2D eigenvalue weighted by Crippen LogP contribution is -1.98. The molecule has 0 spiro atoms. The number of nitro benzene ring substituents is 1. The fourth-order valence-electron chi connectivity index (χ4n) is 2.80. The molecule has 0 unspecified atom stereocenters. The number of hydrogen-bond acceptors (Lipinski definition) is 3. The Kier molecular flexibility index (Phi) is 3.82. The topological polar surface area (TPSA) is 61.0 Å². The molecule has 0 bridgehead atoms. The molecule has 0 aliphatic carbocycles. The Labute approximate surface area is 151 Å².